The van der Waals surface area contributed by atoms with Crippen molar-refractivity contribution in [3.8, 4) is 5.75 Å². The molecule has 3 rings (SSSR count). The van der Waals surface area contributed by atoms with Crippen LogP contribution in [0.15, 0.2) is 23.0 Å². The van der Waals surface area contributed by atoms with Crippen LogP contribution < -0.4 is 5.56 Å². The maximum atomic E-state index is 11.9. The van der Waals surface area contributed by atoms with Crippen molar-refractivity contribution in [2.45, 2.75) is 13.8 Å². The highest BCUT2D eigenvalue weighted by Crippen LogP contribution is 2.31. The van der Waals surface area contributed by atoms with Gasteiger partial charge in [-0.1, -0.05) is 0 Å². The van der Waals surface area contributed by atoms with E-state index in [0.29, 0.717) is 0 Å². The van der Waals surface area contributed by atoms with Crippen molar-refractivity contribution in [1.29, 1.82) is 0 Å². The summed E-state index contributed by atoms with van der Waals surface area (Å²) in [6, 6.07) is 5.35. The predicted octanol–water partition coefficient (Wildman–Crippen LogP) is 3.49. The van der Waals surface area contributed by atoms with Gasteiger partial charge in [0.15, 0.2) is 0 Å². The first kappa shape index (κ1) is 12.9. The van der Waals surface area contributed by atoms with Crippen LogP contribution >= 0.6 is 23.7 Å². The number of halogens is 1. The molecule has 0 aliphatic rings. The molecule has 0 atom stereocenters. The van der Waals surface area contributed by atoms with Crippen LogP contribution in [0.4, 0.5) is 0 Å². The van der Waals surface area contributed by atoms with E-state index in [1.807, 2.05) is 19.9 Å². The summed E-state index contributed by atoms with van der Waals surface area (Å²) < 4.78 is 0.722. The van der Waals surface area contributed by atoms with Crippen molar-refractivity contribution in [1.82, 2.24) is 4.98 Å². The number of aromatic hydroxyl groups is 1. The van der Waals surface area contributed by atoms with Gasteiger partial charge in [0.05, 0.1) is 5.52 Å². The van der Waals surface area contributed by atoms with Crippen LogP contribution in [-0.2, 0) is 0 Å². The molecule has 1 aromatic carbocycles. The molecule has 5 heteroatoms. The highest BCUT2D eigenvalue weighted by Gasteiger charge is 2.10. The second-order valence-electron chi connectivity index (χ2n) is 4.24. The Bertz CT molecular complexity index is 804. The first-order valence-electron chi connectivity index (χ1n) is 5.32. The Morgan fingerprint density at radius 1 is 1.17 bits per heavy atom. The van der Waals surface area contributed by atoms with Crippen molar-refractivity contribution in [2.24, 2.45) is 0 Å². The number of phenols is 1. The number of benzene rings is 1. The van der Waals surface area contributed by atoms with Gasteiger partial charge in [-0.3, -0.25) is 4.79 Å². The van der Waals surface area contributed by atoms with Crippen LogP contribution in [-0.4, -0.2) is 10.1 Å². The Hall–Kier alpha value is -1.52. The van der Waals surface area contributed by atoms with E-state index in [1.54, 1.807) is 12.1 Å². The minimum absolute atomic E-state index is 0. The van der Waals surface area contributed by atoms with Crippen LogP contribution in [0.25, 0.3) is 21.0 Å². The van der Waals surface area contributed by atoms with Crippen molar-refractivity contribution in [3.05, 3.63) is 39.0 Å². The summed E-state index contributed by atoms with van der Waals surface area (Å²) in [4.78, 5) is 15.9. The number of nitrogens with one attached hydrogen (secondary N) is 1. The lowest BCUT2D eigenvalue weighted by molar-refractivity contribution is 0.476. The molecule has 3 aromatic rings. The van der Waals surface area contributed by atoms with Crippen LogP contribution in [0.1, 0.15) is 10.4 Å². The van der Waals surface area contributed by atoms with E-state index >= 15 is 0 Å². The molecule has 0 saturated carbocycles. The lowest BCUT2D eigenvalue weighted by atomic mass is 10.1. The summed E-state index contributed by atoms with van der Waals surface area (Å²) in [5, 5.41) is 11.5. The quantitative estimate of drug-likeness (QED) is 0.663. The normalized spacial score (nSPS) is 10.8. The van der Waals surface area contributed by atoms with Gasteiger partial charge in [-0.2, -0.15) is 0 Å². The topological polar surface area (TPSA) is 53.1 Å². The minimum atomic E-state index is -0.0561. The van der Waals surface area contributed by atoms with Gasteiger partial charge in [-0.05, 0) is 37.6 Å². The van der Waals surface area contributed by atoms with E-state index in [9.17, 15) is 9.90 Å². The van der Waals surface area contributed by atoms with E-state index in [2.05, 4.69) is 4.98 Å². The number of rotatable bonds is 0. The molecule has 0 saturated heterocycles. The van der Waals surface area contributed by atoms with Gasteiger partial charge in [-0.25, -0.2) is 0 Å². The molecule has 2 heterocycles. The number of pyridine rings is 1. The van der Waals surface area contributed by atoms with Crippen molar-refractivity contribution < 1.29 is 5.11 Å². The fourth-order valence-corrected chi connectivity index (χ4v) is 3.12. The standard InChI is InChI=1S/C13H11NO2S.ClH/c1-6-3-8(15)5-9-10-4-7(2)17-12(10)13(16)14-11(6)9;/h3-5,15H,1-2H3,(H,14,16);1H. The first-order valence-corrected chi connectivity index (χ1v) is 6.13. The number of aromatic amines is 1. The van der Waals surface area contributed by atoms with Gasteiger partial charge in [0.2, 0.25) is 0 Å². The molecule has 0 spiro atoms. The first-order chi connectivity index (χ1) is 8.06. The monoisotopic (exact) mass is 281 g/mol. The SMILES string of the molecule is Cc1cc2c(s1)c(=O)[nH]c1c(C)cc(O)cc12.Cl. The molecular weight excluding hydrogens is 270 g/mol. The zero-order valence-corrected chi connectivity index (χ0v) is 11.5. The highest BCUT2D eigenvalue weighted by atomic mass is 35.5. The minimum Gasteiger partial charge on any atom is -0.508 e. The van der Waals surface area contributed by atoms with Crippen molar-refractivity contribution >= 4 is 44.7 Å². The van der Waals surface area contributed by atoms with E-state index in [1.165, 1.54) is 11.3 Å². The zero-order valence-electron chi connectivity index (χ0n) is 9.90. The molecular formula is C13H12ClNO2S. The predicted molar refractivity (Wildman–Crippen MR) is 78.3 cm³/mol. The van der Waals surface area contributed by atoms with Gasteiger partial charge in [-0.15, -0.1) is 23.7 Å². The molecule has 0 bridgehead atoms. The fourth-order valence-electron chi connectivity index (χ4n) is 2.20. The third-order valence-corrected chi connectivity index (χ3v) is 3.96. The second-order valence-corrected chi connectivity index (χ2v) is 5.50. The zero-order chi connectivity index (χ0) is 12.2. The number of H-pyrrole nitrogens is 1. The highest BCUT2D eigenvalue weighted by molar-refractivity contribution is 7.19. The number of hydrogen-bond donors (Lipinski definition) is 2. The maximum Gasteiger partial charge on any atom is 0.266 e. The Morgan fingerprint density at radius 3 is 2.61 bits per heavy atom. The summed E-state index contributed by atoms with van der Waals surface area (Å²) >= 11 is 1.48. The van der Waals surface area contributed by atoms with Gasteiger partial charge in [0, 0.05) is 15.6 Å². The average molecular weight is 282 g/mol. The molecule has 0 fully saturated rings. The molecule has 2 aromatic heterocycles. The van der Waals surface area contributed by atoms with Crippen LogP contribution in [0.5, 0.6) is 5.75 Å². The number of aryl methyl sites for hydroxylation is 2. The molecule has 0 aliphatic heterocycles. The summed E-state index contributed by atoms with van der Waals surface area (Å²) in [6.45, 7) is 3.86. The third kappa shape index (κ3) is 1.78. The molecule has 0 amide bonds. The fraction of sp³-hybridized carbons (Fsp3) is 0.154. The largest absolute Gasteiger partial charge is 0.508 e. The van der Waals surface area contributed by atoms with Gasteiger partial charge in [0.25, 0.3) is 5.56 Å². The Labute approximate surface area is 113 Å². The van der Waals surface area contributed by atoms with Gasteiger partial charge >= 0.3 is 0 Å². The Kier molecular flexibility index (Phi) is 3.09. The summed E-state index contributed by atoms with van der Waals surface area (Å²) in [5.74, 6) is 0.229. The number of phenolic OH excluding ortho intramolecular Hbond substituents is 1. The average Bonchev–Trinajstić information content (AvgIpc) is 2.63. The van der Waals surface area contributed by atoms with Crippen LogP contribution in [0, 0.1) is 13.8 Å². The summed E-state index contributed by atoms with van der Waals surface area (Å²) in [5.41, 5.74) is 1.63. The van der Waals surface area contributed by atoms with E-state index in [0.717, 1.165) is 31.4 Å². The van der Waals surface area contributed by atoms with Crippen LogP contribution in [0.3, 0.4) is 0 Å². The summed E-state index contributed by atoms with van der Waals surface area (Å²) in [7, 11) is 0. The Morgan fingerprint density at radius 2 is 1.89 bits per heavy atom. The van der Waals surface area contributed by atoms with Gasteiger partial charge < -0.3 is 10.1 Å². The number of fused-ring (bicyclic) bond motifs is 3. The van der Waals surface area contributed by atoms with Crippen LogP contribution in [0.2, 0.25) is 0 Å². The molecule has 0 aliphatic carbocycles. The van der Waals surface area contributed by atoms with E-state index < -0.39 is 0 Å². The number of thiophene rings is 1. The Balaban J connectivity index is 0.00000120. The van der Waals surface area contributed by atoms with E-state index in [-0.39, 0.29) is 23.7 Å². The molecule has 3 nitrogen and oxygen atoms in total. The maximum absolute atomic E-state index is 11.9. The molecule has 0 unspecified atom stereocenters. The number of hydrogen-bond acceptors (Lipinski definition) is 3. The van der Waals surface area contributed by atoms with Crippen molar-refractivity contribution in [2.75, 3.05) is 0 Å². The van der Waals surface area contributed by atoms with Crippen molar-refractivity contribution in [3.63, 3.8) is 0 Å². The molecule has 2 N–H and O–H groups in total. The molecule has 0 radical (unpaired) electrons. The van der Waals surface area contributed by atoms with Gasteiger partial charge in [0.1, 0.15) is 10.4 Å². The lowest BCUT2D eigenvalue weighted by Crippen LogP contribution is -2.04. The smallest absolute Gasteiger partial charge is 0.266 e. The van der Waals surface area contributed by atoms with E-state index in [4.69, 9.17) is 0 Å². The second kappa shape index (κ2) is 4.30. The lowest BCUT2D eigenvalue weighted by Gasteiger charge is -2.04. The summed E-state index contributed by atoms with van der Waals surface area (Å²) in [6.07, 6.45) is 0. The molecule has 94 valence electrons. The third-order valence-electron chi connectivity index (χ3n) is 2.91. The molecule has 18 heavy (non-hydrogen) atoms. The number of aromatic nitrogens is 1.